The number of alkyl halides is 1. The monoisotopic (exact) mass is 288 g/mol. The number of rotatable bonds is 3. The molecule has 2 aromatic rings. The van der Waals surface area contributed by atoms with E-state index in [1.165, 1.54) is 12.1 Å². The molecule has 0 saturated heterocycles. The van der Waals surface area contributed by atoms with Gasteiger partial charge in [0, 0.05) is 5.56 Å². The van der Waals surface area contributed by atoms with Crippen LogP contribution in [-0.2, 0) is 6.61 Å². The van der Waals surface area contributed by atoms with Crippen LogP contribution in [-0.4, -0.2) is 5.88 Å². The highest BCUT2D eigenvalue weighted by Gasteiger charge is 2.02. The molecule has 0 unspecified atom stereocenters. The lowest BCUT2D eigenvalue weighted by molar-refractivity contribution is 0.304. The van der Waals surface area contributed by atoms with Crippen LogP contribution >= 0.6 is 11.6 Å². The van der Waals surface area contributed by atoms with Crippen molar-refractivity contribution in [2.75, 3.05) is 5.88 Å². The molecule has 0 bridgehead atoms. The Labute approximate surface area is 123 Å². The molecule has 3 heteroatoms. The molecule has 2 aromatic carbocycles. The van der Waals surface area contributed by atoms with Crippen LogP contribution in [0.1, 0.15) is 16.7 Å². The molecule has 0 N–H and O–H groups in total. The highest BCUT2D eigenvalue weighted by Crippen LogP contribution is 2.16. The lowest BCUT2D eigenvalue weighted by Gasteiger charge is -2.09. The number of hydrogen-bond acceptors (Lipinski definition) is 1. The summed E-state index contributed by atoms with van der Waals surface area (Å²) in [5, 5.41) is 0. The Morgan fingerprint density at radius 1 is 1.15 bits per heavy atom. The van der Waals surface area contributed by atoms with Crippen molar-refractivity contribution in [1.29, 1.82) is 0 Å². The molecular weight excluding hydrogens is 275 g/mol. The summed E-state index contributed by atoms with van der Waals surface area (Å²) in [6.45, 7) is 2.28. The van der Waals surface area contributed by atoms with Gasteiger partial charge >= 0.3 is 0 Å². The van der Waals surface area contributed by atoms with Crippen molar-refractivity contribution >= 4 is 11.6 Å². The van der Waals surface area contributed by atoms with E-state index in [1.807, 2.05) is 31.2 Å². The first-order valence-corrected chi connectivity index (χ1v) is 6.75. The van der Waals surface area contributed by atoms with E-state index in [2.05, 4.69) is 11.8 Å². The predicted octanol–water partition coefficient (Wildman–Crippen LogP) is 4.30. The van der Waals surface area contributed by atoms with Gasteiger partial charge in [-0.3, -0.25) is 0 Å². The topological polar surface area (TPSA) is 9.23 Å². The Bertz CT molecular complexity index is 638. The lowest BCUT2D eigenvalue weighted by atomic mass is 10.1. The first-order chi connectivity index (χ1) is 9.69. The Morgan fingerprint density at radius 3 is 2.60 bits per heavy atom. The Balaban J connectivity index is 2.02. The van der Waals surface area contributed by atoms with Gasteiger partial charge < -0.3 is 4.74 Å². The highest BCUT2D eigenvalue weighted by atomic mass is 35.5. The molecule has 0 aromatic heterocycles. The van der Waals surface area contributed by atoms with Crippen LogP contribution in [0.15, 0.2) is 42.5 Å². The van der Waals surface area contributed by atoms with Crippen molar-refractivity contribution in [1.82, 2.24) is 0 Å². The van der Waals surface area contributed by atoms with E-state index in [0.717, 1.165) is 22.4 Å². The third kappa shape index (κ3) is 4.01. The molecule has 0 aliphatic heterocycles. The second-order valence-electron chi connectivity index (χ2n) is 4.32. The number of benzene rings is 2. The van der Waals surface area contributed by atoms with Crippen LogP contribution in [0.2, 0.25) is 0 Å². The normalized spacial score (nSPS) is 9.75. The van der Waals surface area contributed by atoms with Gasteiger partial charge in [0.25, 0.3) is 0 Å². The van der Waals surface area contributed by atoms with Gasteiger partial charge in [-0.05, 0) is 54.4 Å². The maximum absolute atomic E-state index is 13.2. The minimum Gasteiger partial charge on any atom is -0.489 e. The summed E-state index contributed by atoms with van der Waals surface area (Å²) >= 11 is 5.50. The van der Waals surface area contributed by atoms with E-state index in [1.54, 1.807) is 6.07 Å². The first kappa shape index (κ1) is 14.4. The zero-order valence-corrected chi connectivity index (χ0v) is 11.9. The van der Waals surface area contributed by atoms with Crippen molar-refractivity contribution in [2.24, 2.45) is 0 Å². The molecule has 0 aliphatic carbocycles. The Morgan fingerprint density at radius 2 is 1.90 bits per heavy atom. The maximum Gasteiger partial charge on any atom is 0.123 e. The van der Waals surface area contributed by atoms with Gasteiger partial charge in [-0.2, -0.15) is 0 Å². The van der Waals surface area contributed by atoms with Crippen molar-refractivity contribution in [3.05, 3.63) is 65.0 Å². The second kappa shape index (κ2) is 6.98. The van der Waals surface area contributed by atoms with E-state index in [-0.39, 0.29) is 5.82 Å². The molecule has 0 spiro atoms. The van der Waals surface area contributed by atoms with E-state index in [4.69, 9.17) is 16.3 Å². The standard InChI is InChI=1S/C17H14ClFO/c1-13-4-7-16(19)11-15(13)12-20-17-8-5-14(6-9-17)3-2-10-18/h4-9,11H,10,12H2,1H3. The van der Waals surface area contributed by atoms with Crippen LogP contribution < -0.4 is 4.74 Å². The summed E-state index contributed by atoms with van der Waals surface area (Å²) in [4.78, 5) is 0. The molecule has 0 saturated carbocycles. The second-order valence-corrected chi connectivity index (χ2v) is 4.59. The molecule has 0 heterocycles. The summed E-state index contributed by atoms with van der Waals surface area (Å²) in [6.07, 6.45) is 0. The van der Waals surface area contributed by atoms with Gasteiger partial charge in [0.1, 0.15) is 18.2 Å². The zero-order chi connectivity index (χ0) is 14.4. The molecule has 0 amide bonds. The largest absolute Gasteiger partial charge is 0.489 e. The smallest absolute Gasteiger partial charge is 0.123 e. The lowest BCUT2D eigenvalue weighted by Crippen LogP contribution is -1.98. The third-order valence-electron chi connectivity index (χ3n) is 2.86. The predicted molar refractivity (Wildman–Crippen MR) is 79.5 cm³/mol. The highest BCUT2D eigenvalue weighted by molar-refractivity contribution is 6.19. The molecule has 1 nitrogen and oxygen atoms in total. The van der Waals surface area contributed by atoms with Gasteiger partial charge in [0.05, 0.1) is 5.88 Å². The van der Waals surface area contributed by atoms with E-state index < -0.39 is 0 Å². The quantitative estimate of drug-likeness (QED) is 0.604. The summed E-state index contributed by atoms with van der Waals surface area (Å²) in [6, 6.07) is 12.1. The van der Waals surface area contributed by atoms with Crippen LogP contribution in [0.3, 0.4) is 0 Å². The van der Waals surface area contributed by atoms with Gasteiger partial charge in [-0.15, -0.1) is 11.6 Å². The van der Waals surface area contributed by atoms with Crippen molar-refractivity contribution in [3.63, 3.8) is 0 Å². The summed E-state index contributed by atoms with van der Waals surface area (Å²) < 4.78 is 18.8. The molecule has 2 rings (SSSR count). The Hall–Kier alpha value is -1.98. The number of halogens is 2. The fourth-order valence-electron chi connectivity index (χ4n) is 1.73. The van der Waals surface area contributed by atoms with E-state index in [0.29, 0.717) is 12.5 Å². The van der Waals surface area contributed by atoms with Crippen LogP contribution in [0.5, 0.6) is 5.75 Å². The number of ether oxygens (including phenoxy) is 1. The molecule has 0 fully saturated rings. The van der Waals surface area contributed by atoms with Crippen molar-refractivity contribution in [3.8, 4) is 17.6 Å². The summed E-state index contributed by atoms with van der Waals surface area (Å²) in [5.41, 5.74) is 2.74. The number of hydrogen-bond donors (Lipinski definition) is 0. The van der Waals surface area contributed by atoms with Gasteiger partial charge in [-0.25, -0.2) is 4.39 Å². The van der Waals surface area contributed by atoms with Gasteiger partial charge in [0.2, 0.25) is 0 Å². The molecule has 0 atom stereocenters. The minimum atomic E-state index is -0.249. The van der Waals surface area contributed by atoms with E-state index in [9.17, 15) is 4.39 Å². The SMILES string of the molecule is Cc1ccc(F)cc1COc1ccc(C#CCCl)cc1. The molecule has 0 radical (unpaired) electrons. The van der Waals surface area contributed by atoms with Gasteiger partial charge in [-0.1, -0.05) is 17.9 Å². The third-order valence-corrected chi connectivity index (χ3v) is 2.99. The molecule has 0 aliphatic rings. The first-order valence-electron chi connectivity index (χ1n) is 6.22. The van der Waals surface area contributed by atoms with Crippen molar-refractivity contribution in [2.45, 2.75) is 13.5 Å². The van der Waals surface area contributed by atoms with Crippen LogP contribution in [0.4, 0.5) is 4.39 Å². The van der Waals surface area contributed by atoms with Gasteiger partial charge in [0.15, 0.2) is 0 Å². The van der Waals surface area contributed by atoms with E-state index >= 15 is 0 Å². The zero-order valence-electron chi connectivity index (χ0n) is 11.1. The number of aryl methyl sites for hydroxylation is 1. The minimum absolute atomic E-state index is 0.249. The van der Waals surface area contributed by atoms with Crippen molar-refractivity contribution < 1.29 is 9.13 Å². The average Bonchev–Trinajstić information content (AvgIpc) is 2.47. The average molecular weight is 289 g/mol. The van der Waals surface area contributed by atoms with Crippen LogP contribution in [0, 0.1) is 24.6 Å². The molecule has 102 valence electrons. The Kier molecular flexibility index (Phi) is 5.03. The summed E-state index contributed by atoms with van der Waals surface area (Å²) in [7, 11) is 0. The summed E-state index contributed by atoms with van der Waals surface area (Å²) in [5.74, 6) is 6.51. The molecule has 20 heavy (non-hydrogen) atoms. The maximum atomic E-state index is 13.2. The fourth-order valence-corrected chi connectivity index (χ4v) is 1.79. The fraction of sp³-hybridized carbons (Fsp3) is 0.176. The molecular formula is C17H14ClFO. The van der Waals surface area contributed by atoms with Crippen LogP contribution in [0.25, 0.3) is 0 Å².